The maximum absolute atomic E-state index is 13.4. The van der Waals surface area contributed by atoms with Gasteiger partial charge >= 0.3 is 5.97 Å². The van der Waals surface area contributed by atoms with E-state index in [0.717, 1.165) is 5.39 Å². The Labute approximate surface area is 150 Å². The molecule has 0 amide bonds. The summed E-state index contributed by atoms with van der Waals surface area (Å²) < 4.78 is 12.2. The molecule has 134 valence electrons. The summed E-state index contributed by atoms with van der Waals surface area (Å²) in [6, 6.07) is 12.4. The van der Waals surface area contributed by atoms with Crippen LogP contribution in [0.1, 0.15) is 21.6 Å². The van der Waals surface area contributed by atoms with Gasteiger partial charge in [-0.1, -0.05) is 24.3 Å². The van der Waals surface area contributed by atoms with Crippen LogP contribution >= 0.6 is 0 Å². The number of ether oxygens (including phenoxy) is 2. The van der Waals surface area contributed by atoms with Gasteiger partial charge in [0.15, 0.2) is 0 Å². The van der Waals surface area contributed by atoms with Gasteiger partial charge < -0.3 is 14.6 Å². The van der Waals surface area contributed by atoms with Gasteiger partial charge in [0.1, 0.15) is 17.1 Å². The molecule has 0 saturated heterocycles. The maximum atomic E-state index is 13.4. The van der Waals surface area contributed by atoms with Crippen LogP contribution in [0.4, 0.5) is 0 Å². The fourth-order valence-corrected chi connectivity index (χ4v) is 3.24. The molecule has 3 aromatic rings. The third-order valence-electron chi connectivity index (χ3n) is 4.42. The summed E-state index contributed by atoms with van der Waals surface area (Å²) in [5, 5.41) is 9.99. The molecule has 0 spiro atoms. The molecule has 0 bridgehead atoms. The second kappa shape index (κ2) is 6.92. The van der Waals surface area contributed by atoms with Gasteiger partial charge in [-0.3, -0.25) is 14.2 Å². The fourth-order valence-electron chi connectivity index (χ4n) is 3.24. The van der Waals surface area contributed by atoms with E-state index in [9.17, 15) is 14.7 Å². The number of benzene rings is 2. The lowest BCUT2D eigenvalue weighted by Crippen LogP contribution is -2.16. The van der Waals surface area contributed by atoms with E-state index in [2.05, 4.69) is 0 Å². The largest absolute Gasteiger partial charge is 0.496 e. The molecule has 2 aromatic carbocycles. The highest BCUT2D eigenvalue weighted by Crippen LogP contribution is 2.33. The number of hydrogen-bond acceptors (Lipinski definition) is 4. The minimum absolute atomic E-state index is 0.157. The lowest BCUT2D eigenvalue weighted by atomic mass is 10.1. The van der Waals surface area contributed by atoms with E-state index in [1.807, 2.05) is 18.2 Å². The van der Waals surface area contributed by atoms with Crippen molar-refractivity contribution < 1.29 is 24.2 Å². The number of carbonyl (C=O) groups is 2. The Balaban J connectivity index is 2.29. The summed E-state index contributed by atoms with van der Waals surface area (Å²) in [5.41, 5.74) is 2.16. The molecule has 0 atom stereocenters. The molecule has 0 saturated carbocycles. The van der Waals surface area contributed by atoms with E-state index in [0.29, 0.717) is 33.8 Å². The molecular weight excluding hydrogens is 334 g/mol. The predicted octanol–water partition coefficient (Wildman–Crippen LogP) is 3.28. The van der Waals surface area contributed by atoms with Crippen molar-refractivity contribution in [3.05, 3.63) is 59.3 Å². The van der Waals surface area contributed by atoms with Crippen LogP contribution < -0.4 is 9.47 Å². The van der Waals surface area contributed by atoms with Gasteiger partial charge in [0, 0.05) is 11.1 Å². The summed E-state index contributed by atoms with van der Waals surface area (Å²) in [7, 11) is 2.98. The summed E-state index contributed by atoms with van der Waals surface area (Å²) >= 11 is 0. The van der Waals surface area contributed by atoms with E-state index in [1.54, 1.807) is 31.2 Å². The SMILES string of the molecule is COc1cccc(OC)c1C(=O)n1c(C)c(CC(=O)O)c2ccccc21. The van der Waals surface area contributed by atoms with Gasteiger partial charge in [0.25, 0.3) is 5.91 Å². The molecule has 0 unspecified atom stereocenters. The molecule has 0 aliphatic carbocycles. The molecule has 3 rings (SSSR count). The zero-order valence-electron chi connectivity index (χ0n) is 14.8. The molecule has 6 heteroatoms. The van der Waals surface area contributed by atoms with Crippen LogP contribution in [0.25, 0.3) is 10.9 Å². The van der Waals surface area contributed by atoms with E-state index >= 15 is 0 Å². The van der Waals surface area contributed by atoms with Gasteiger partial charge in [0.05, 0.1) is 26.2 Å². The zero-order chi connectivity index (χ0) is 18.8. The second-order valence-corrected chi connectivity index (χ2v) is 5.83. The zero-order valence-corrected chi connectivity index (χ0v) is 14.8. The summed E-state index contributed by atoms with van der Waals surface area (Å²) in [5.74, 6) is -0.486. The second-order valence-electron chi connectivity index (χ2n) is 5.83. The van der Waals surface area contributed by atoms with Gasteiger partial charge in [0.2, 0.25) is 0 Å². The highest BCUT2D eigenvalue weighted by Gasteiger charge is 2.25. The first kappa shape index (κ1) is 17.5. The van der Waals surface area contributed by atoms with Crippen LogP contribution in [0.15, 0.2) is 42.5 Å². The quantitative estimate of drug-likeness (QED) is 0.762. The topological polar surface area (TPSA) is 77.8 Å². The highest BCUT2D eigenvalue weighted by molar-refractivity contribution is 6.07. The third kappa shape index (κ3) is 2.79. The first-order valence-electron chi connectivity index (χ1n) is 8.06. The number of aromatic nitrogens is 1. The monoisotopic (exact) mass is 353 g/mol. The van der Waals surface area contributed by atoms with Crippen molar-refractivity contribution in [2.24, 2.45) is 0 Å². The molecule has 1 N–H and O–H groups in total. The molecule has 6 nitrogen and oxygen atoms in total. The lowest BCUT2D eigenvalue weighted by molar-refractivity contribution is -0.136. The molecule has 0 fully saturated rings. The molecule has 1 aromatic heterocycles. The number of rotatable bonds is 5. The molecular formula is C20H19NO5. The summed E-state index contributed by atoms with van der Waals surface area (Å²) in [4.78, 5) is 24.7. The normalized spacial score (nSPS) is 10.7. The number of nitrogens with zero attached hydrogens (tertiary/aromatic N) is 1. The Kier molecular flexibility index (Phi) is 4.67. The van der Waals surface area contributed by atoms with E-state index in [-0.39, 0.29) is 12.3 Å². The number of hydrogen-bond donors (Lipinski definition) is 1. The molecule has 0 aliphatic rings. The van der Waals surface area contributed by atoms with Crippen LogP contribution in [-0.2, 0) is 11.2 Å². The standard InChI is InChI=1S/C20H19NO5/c1-12-14(11-18(22)23)13-7-4-5-8-15(13)21(12)20(24)19-16(25-2)9-6-10-17(19)26-3/h4-10H,11H2,1-3H3,(H,22,23). The van der Waals surface area contributed by atoms with Gasteiger partial charge in [-0.2, -0.15) is 0 Å². The lowest BCUT2D eigenvalue weighted by Gasteiger charge is -2.14. The van der Waals surface area contributed by atoms with Crippen LogP contribution in [0.2, 0.25) is 0 Å². The maximum Gasteiger partial charge on any atom is 0.307 e. The minimum atomic E-state index is -0.946. The summed E-state index contributed by atoms with van der Waals surface area (Å²) in [6.07, 6.45) is -0.157. The van der Waals surface area contributed by atoms with Crippen LogP contribution in [0.5, 0.6) is 11.5 Å². The first-order valence-corrected chi connectivity index (χ1v) is 8.06. The number of fused-ring (bicyclic) bond motifs is 1. The molecule has 1 heterocycles. The van der Waals surface area contributed by atoms with E-state index in [4.69, 9.17) is 9.47 Å². The third-order valence-corrected chi connectivity index (χ3v) is 4.42. The van der Waals surface area contributed by atoms with Crippen LogP contribution in [0, 0.1) is 6.92 Å². The Morgan fingerprint density at radius 2 is 1.62 bits per heavy atom. The van der Waals surface area contributed by atoms with Gasteiger partial charge in [-0.05, 0) is 30.7 Å². The highest BCUT2D eigenvalue weighted by atomic mass is 16.5. The van der Waals surface area contributed by atoms with Crippen LogP contribution in [0.3, 0.4) is 0 Å². The smallest absolute Gasteiger partial charge is 0.307 e. The number of carbonyl (C=O) groups excluding carboxylic acids is 1. The van der Waals surface area contributed by atoms with Crippen molar-refractivity contribution in [3.63, 3.8) is 0 Å². The van der Waals surface area contributed by atoms with Crippen molar-refractivity contribution in [1.82, 2.24) is 4.57 Å². The Hall–Kier alpha value is -3.28. The van der Waals surface area contributed by atoms with Crippen molar-refractivity contribution in [2.75, 3.05) is 14.2 Å². The average molecular weight is 353 g/mol. The number of para-hydroxylation sites is 1. The van der Waals surface area contributed by atoms with E-state index < -0.39 is 5.97 Å². The van der Waals surface area contributed by atoms with Gasteiger partial charge in [-0.15, -0.1) is 0 Å². The molecule has 0 radical (unpaired) electrons. The molecule has 0 aliphatic heterocycles. The Bertz CT molecular complexity index is 981. The van der Waals surface area contributed by atoms with E-state index in [1.165, 1.54) is 18.8 Å². The van der Waals surface area contributed by atoms with Crippen molar-refractivity contribution in [3.8, 4) is 11.5 Å². The molecule has 26 heavy (non-hydrogen) atoms. The Morgan fingerprint density at radius 3 is 2.19 bits per heavy atom. The number of aliphatic carboxylic acids is 1. The van der Waals surface area contributed by atoms with Crippen molar-refractivity contribution >= 4 is 22.8 Å². The summed E-state index contributed by atoms with van der Waals surface area (Å²) in [6.45, 7) is 1.75. The number of carboxylic acid groups (broad SMARTS) is 1. The Morgan fingerprint density at radius 1 is 1.00 bits per heavy atom. The fraction of sp³-hybridized carbons (Fsp3) is 0.200. The van der Waals surface area contributed by atoms with Crippen molar-refractivity contribution in [2.45, 2.75) is 13.3 Å². The minimum Gasteiger partial charge on any atom is -0.496 e. The van der Waals surface area contributed by atoms with Gasteiger partial charge in [-0.25, -0.2) is 0 Å². The van der Waals surface area contributed by atoms with Crippen LogP contribution in [-0.4, -0.2) is 35.8 Å². The first-order chi connectivity index (χ1) is 12.5. The average Bonchev–Trinajstić information content (AvgIpc) is 2.92. The number of carboxylic acids is 1. The van der Waals surface area contributed by atoms with Crippen molar-refractivity contribution in [1.29, 1.82) is 0 Å². The predicted molar refractivity (Wildman–Crippen MR) is 97.3 cm³/mol. The number of methoxy groups -OCH3 is 2.